The van der Waals surface area contributed by atoms with E-state index in [1.165, 1.54) is 12.1 Å². The van der Waals surface area contributed by atoms with Gasteiger partial charge in [-0.15, -0.1) is 0 Å². The molecular formula is C15H13NO4. The highest BCUT2D eigenvalue weighted by Crippen LogP contribution is 2.36. The van der Waals surface area contributed by atoms with Crippen LogP contribution in [0.25, 0.3) is 0 Å². The largest absolute Gasteiger partial charge is 0.508 e. The molecule has 0 bridgehead atoms. The van der Waals surface area contributed by atoms with Gasteiger partial charge in [-0.2, -0.15) is 0 Å². The average molecular weight is 271 g/mol. The van der Waals surface area contributed by atoms with E-state index in [-0.39, 0.29) is 29.6 Å². The minimum Gasteiger partial charge on any atom is -0.508 e. The lowest BCUT2D eigenvalue weighted by Crippen LogP contribution is -2.28. The van der Waals surface area contributed by atoms with Crippen LogP contribution in [0, 0.1) is 6.92 Å². The van der Waals surface area contributed by atoms with Gasteiger partial charge in [0.2, 0.25) is 0 Å². The first kappa shape index (κ1) is 12.5. The number of phenolic OH excluding ortho intramolecular Hbond substituents is 1. The molecule has 1 aromatic carbocycles. The van der Waals surface area contributed by atoms with Crippen LogP contribution in [0.5, 0.6) is 11.5 Å². The first-order valence-electron chi connectivity index (χ1n) is 6.28. The zero-order valence-corrected chi connectivity index (χ0v) is 10.8. The van der Waals surface area contributed by atoms with Crippen molar-refractivity contribution in [2.24, 2.45) is 0 Å². The molecule has 0 aliphatic carbocycles. The van der Waals surface area contributed by atoms with Gasteiger partial charge in [-0.25, -0.2) is 0 Å². The molecule has 5 nitrogen and oxygen atoms in total. The summed E-state index contributed by atoms with van der Waals surface area (Å²) in [4.78, 5) is 26.6. The molecule has 20 heavy (non-hydrogen) atoms. The van der Waals surface area contributed by atoms with E-state index in [1.54, 1.807) is 25.1 Å². The van der Waals surface area contributed by atoms with Gasteiger partial charge in [0.15, 0.2) is 0 Å². The summed E-state index contributed by atoms with van der Waals surface area (Å²) in [7, 11) is 0. The Bertz CT molecular complexity index is 731. The maximum Gasteiger partial charge on any atom is 0.312 e. The van der Waals surface area contributed by atoms with Crippen molar-refractivity contribution < 1.29 is 14.6 Å². The summed E-state index contributed by atoms with van der Waals surface area (Å²) >= 11 is 0. The third-order valence-electron chi connectivity index (χ3n) is 3.41. The molecule has 0 spiro atoms. The van der Waals surface area contributed by atoms with Crippen molar-refractivity contribution in [1.29, 1.82) is 0 Å². The maximum absolute atomic E-state index is 12.1. The highest BCUT2D eigenvalue weighted by molar-refractivity contribution is 5.77. The number of rotatable bonds is 1. The van der Waals surface area contributed by atoms with Crippen LogP contribution in [0.15, 0.2) is 35.1 Å². The third kappa shape index (κ3) is 2.07. The molecule has 1 aromatic heterocycles. The van der Waals surface area contributed by atoms with Gasteiger partial charge in [0, 0.05) is 17.7 Å². The molecule has 0 amide bonds. The number of aromatic nitrogens is 1. The van der Waals surface area contributed by atoms with Crippen molar-refractivity contribution in [3.8, 4) is 11.5 Å². The Morgan fingerprint density at radius 2 is 1.95 bits per heavy atom. The van der Waals surface area contributed by atoms with Crippen molar-refractivity contribution in [3.05, 3.63) is 57.5 Å². The quantitative estimate of drug-likeness (QED) is 0.775. The Morgan fingerprint density at radius 3 is 2.65 bits per heavy atom. The van der Waals surface area contributed by atoms with E-state index < -0.39 is 0 Å². The number of carbonyl (C=O) groups excluding carboxylic acids is 1. The number of phenols is 1. The minimum atomic E-state index is -0.361. The lowest BCUT2D eigenvalue weighted by atomic mass is 9.87. The first-order chi connectivity index (χ1) is 9.54. The van der Waals surface area contributed by atoms with Gasteiger partial charge in [0.25, 0.3) is 5.56 Å². The second-order valence-electron chi connectivity index (χ2n) is 4.88. The Morgan fingerprint density at radius 1 is 1.25 bits per heavy atom. The van der Waals surface area contributed by atoms with E-state index in [4.69, 9.17) is 4.74 Å². The zero-order valence-electron chi connectivity index (χ0n) is 10.8. The summed E-state index contributed by atoms with van der Waals surface area (Å²) in [5, 5.41) is 9.33. The van der Waals surface area contributed by atoms with E-state index in [0.29, 0.717) is 17.0 Å². The number of fused-ring (bicyclic) bond motifs is 1. The lowest BCUT2D eigenvalue weighted by molar-refractivity contribution is -0.135. The topological polar surface area (TPSA) is 79.4 Å². The Kier molecular flexibility index (Phi) is 2.82. The average Bonchev–Trinajstić information content (AvgIpc) is 2.37. The number of esters is 1. The highest BCUT2D eigenvalue weighted by Gasteiger charge is 2.31. The molecule has 2 heterocycles. The van der Waals surface area contributed by atoms with Crippen molar-refractivity contribution in [2.75, 3.05) is 0 Å². The fourth-order valence-corrected chi connectivity index (χ4v) is 2.51. The van der Waals surface area contributed by atoms with Crippen LogP contribution >= 0.6 is 0 Å². The minimum absolute atomic E-state index is 0.115. The number of carbonyl (C=O) groups is 1. The number of ether oxygens (including phenoxy) is 1. The van der Waals surface area contributed by atoms with Crippen molar-refractivity contribution in [2.45, 2.75) is 19.3 Å². The van der Waals surface area contributed by atoms with E-state index in [9.17, 15) is 14.7 Å². The summed E-state index contributed by atoms with van der Waals surface area (Å²) in [5.74, 6) is -0.248. The second kappa shape index (κ2) is 4.52. The van der Waals surface area contributed by atoms with Crippen LogP contribution < -0.4 is 10.3 Å². The fraction of sp³-hybridized carbons (Fsp3) is 0.200. The summed E-state index contributed by atoms with van der Waals surface area (Å²) in [6, 6.07) is 8.15. The smallest absolute Gasteiger partial charge is 0.312 e. The highest BCUT2D eigenvalue weighted by atomic mass is 16.5. The number of aromatic hydroxyl groups is 1. The van der Waals surface area contributed by atoms with Gasteiger partial charge in [-0.3, -0.25) is 9.59 Å². The number of benzene rings is 1. The van der Waals surface area contributed by atoms with E-state index in [2.05, 4.69) is 4.98 Å². The van der Waals surface area contributed by atoms with Gasteiger partial charge in [-0.05, 0) is 24.6 Å². The maximum atomic E-state index is 12.1. The van der Waals surface area contributed by atoms with E-state index >= 15 is 0 Å². The summed E-state index contributed by atoms with van der Waals surface area (Å²) < 4.78 is 5.16. The molecule has 1 aliphatic rings. The number of hydrogen-bond acceptors (Lipinski definition) is 4. The molecule has 3 rings (SSSR count). The molecule has 0 unspecified atom stereocenters. The van der Waals surface area contributed by atoms with Crippen molar-refractivity contribution in [1.82, 2.24) is 4.98 Å². The lowest BCUT2D eigenvalue weighted by Gasteiger charge is -2.24. The number of pyridine rings is 1. The zero-order chi connectivity index (χ0) is 14.3. The number of hydrogen-bond donors (Lipinski definition) is 2. The van der Waals surface area contributed by atoms with Crippen LogP contribution in [-0.4, -0.2) is 16.1 Å². The molecule has 0 saturated heterocycles. The Labute approximate surface area is 114 Å². The monoisotopic (exact) mass is 271 g/mol. The van der Waals surface area contributed by atoms with Gasteiger partial charge in [-0.1, -0.05) is 12.1 Å². The molecular weight excluding hydrogens is 258 g/mol. The normalized spacial score (nSPS) is 17.4. The van der Waals surface area contributed by atoms with Gasteiger partial charge >= 0.3 is 5.97 Å². The SMILES string of the molecule is Cc1cc2c(c(=O)[nH]1)[C@@H](c1ccc(O)cc1)CC(=O)O2. The molecule has 1 aliphatic heterocycles. The van der Waals surface area contributed by atoms with Gasteiger partial charge in [0.05, 0.1) is 12.0 Å². The van der Waals surface area contributed by atoms with Crippen LogP contribution in [0.1, 0.15) is 29.2 Å². The van der Waals surface area contributed by atoms with E-state index in [0.717, 1.165) is 5.56 Å². The Hall–Kier alpha value is -2.56. The predicted molar refractivity (Wildman–Crippen MR) is 72.0 cm³/mol. The number of nitrogens with one attached hydrogen (secondary N) is 1. The Balaban J connectivity index is 2.17. The second-order valence-corrected chi connectivity index (χ2v) is 4.88. The van der Waals surface area contributed by atoms with Crippen molar-refractivity contribution >= 4 is 5.97 Å². The third-order valence-corrected chi connectivity index (χ3v) is 3.41. The molecule has 0 radical (unpaired) electrons. The molecule has 102 valence electrons. The van der Waals surface area contributed by atoms with Gasteiger partial charge < -0.3 is 14.8 Å². The number of H-pyrrole nitrogens is 1. The van der Waals surface area contributed by atoms with Gasteiger partial charge in [0.1, 0.15) is 11.5 Å². The van der Waals surface area contributed by atoms with Crippen LogP contribution in [0.4, 0.5) is 0 Å². The van der Waals surface area contributed by atoms with E-state index in [1.807, 2.05) is 0 Å². The molecule has 1 atom stereocenters. The number of aromatic amines is 1. The summed E-state index contributed by atoms with van der Waals surface area (Å²) in [6.45, 7) is 1.74. The summed E-state index contributed by atoms with van der Waals surface area (Å²) in [5.41, 5.74) is 1.66. The fourth-order valence-electron chi connectivity index (χ4n) is 2.51. The standard InChI is InChI=1S/C15H13NO4/c1-8-6-12-14(15(19)16-8)11(7-13(18)20-12)9-2-4-10(17)5-3-9/h2-6,11,17H,7H2,1H3,(H,16,19)/t11-/m1/s1. The molecule has 0 saturated carbocycles. The van der Waals surface area contributed by atoms with Crippen LogP contribution in [-0.2, 0) is 4.79 Å². The number of aryl methyl sites for hydroxylation is 1. The van der Waals surface area contributed by atoms with Crippen LogP contribution in [0.3, 0.4) is 0 Å². The molecule has 2 N–H and O–H groups in total. The summed E-state index contributed by atoms with van der Waals surface area (Å²) in [6.07, 6.45) is 0.115. The predicted octanol–water partition coefficient (Wildman–Crippen LogP) is 1.83. The first-order valence-corrected chi connectivity index (χ1v) is 6.28. The van der Waals surface area contributed by atoms with Crippen molar-refractivity contribution in [3.63, 3.8) is 0 Å². The molecule has 5 heteroatoms. The molecule has 0 fully saturated rings. The molecule has 2 aromatic rings. The van der Waals surface area contributed by atoms with Crippen LogP contribution in [0.2, 0.25) is 0 Å².